The van der Waals surface area contributed by atoms with E-state index < -0.39 is 22.7 Å². The van der Waals surface area contributed by atoms with Crippen LogP contribution in [0.4, 0.5) is 14.5 Å². The molecule has 4 rings (SSSR count). The zero-order chi connectivity index (χ0) is 18.6. The van der Waals surface area contributed by atoms with E-state index in [4.69, 9.17) is 21.1 Å². The number of ether oxygens (including phenoxy) is 2. The minimum absolute atomic E-state index is 0.0528. The highest BCUT2D eigenvalue weighted by Gasteiger charge is 2.57. The van der Waals surface area contributed by atoms with E-state index in [9.17, 15) is 13.6 Å². The Labute approximate surface area is 154 Å². The van der Waals surface area contributed by atoms with E-state index in [0.29, 0.717) is 17.9 Å². The highest BCUT2D eigenvalue weighted by Crippen LogP contribution is 2.55. The maximum Gasteiger partial charge on any atom is 0.238 e. The van der Waals surface area contributed by atoms with E-state index in [2.05, 4.69) is 0 Å². The Hall–Kier alpha value is -2.34. The second-order valence-corrected chi connectivity index (χ2v) is 6.97. The van der Waals surface area contributed by atoms with Crippen molar-refractivity contribution in [2.45, 2.75) is 24.8 Å². The van der Waals surface area contributed by atoms with Crippen LogP contribution in [0.1, 0.15) is 24.0 Å². The third kappa shape index (κ3) is 2.28. The number of hydrogen-bond acceptors (Lipinski definition) is 3. The van der Waals surface area contributed by atoms with Crippen molar-refractivity contribution >= 4 is 23.2 Å². The van der Waals surface area contributed by atoms with Gasteiger partial charge in [0, 0.05) is 11.1 Å². The van der Waals surface area contributed by atoms with E-state index in [-0.39, 0.29) is 24.0 Å². The molecule has 0 aromatic heterocycles. The van der Waals surface area contributed by atoms with Crippen molar-refractivity contribution in [1.82, 2.24) is 0 Å². The molecule has 1 saturated carbocycles. The fourth-order valence-electron chi connectivity index (χ4n) is 3.65. The molecule has 0 radical (unpaired) electrons. The molecule has 136 valence electrons. The lowest BCUT2D eigenvalue weighted by Crippen LogP contribution is -2.44. The van der Waals surface area contributed by atoms with E-state index in [1.165, 1.54) is 14.2 Å². The zero-order valence-corrected chi connectivity index (χ0v) is 15.0. The average molecular weight is 380 g/mol. The molecule has 1 aliphatic heterocycles. The minimum Gasteiger partial charge on any atom is -0.493 e. The Balaban J connectivity index is 1.90. The highest BCUT2D eigenvalue weighted by atomic mass is 35.5. The maximum atomic E-state index is 14.9. The molecule has 0 bridgehead atoms. The summed E-state index contributed by atoms with van der Waals surface area (Å²) in [5.41, 5.74) is 0.473. The number of methoxy groups -OCH3 is 2. The summed E-state index contributed by atoms with van der Waals surface area (Å²) in [6, 6.07) is 6.41. The standard InChI is InChI=1S/C19H16ClF2NO3/c1-25-13-8-14(26-2)16(22)17(15(13)21)23-9-10-3-4-11(20)7-12(10)19(5-6-19)18(23)24/h3-4,7-8H,5-6,9H2,1-2H3. The first-order chi connectivity index (χ1) is 12.4. The fourth-order valence-corrected chi connectivity index (χ4v) is 3.82. The number of carbonyl (C=O) groups excluding carboxylic acids is 1. The lowest BCUT2D eigenvalue weighted by molar-refractivity contribution is -0.121. The van der Waals surface area contributed by atoms with Gasteiger partial charge in [0.25, 0.3) is 0 Å². The molecule has 2 aromatic rings. The lowest BCUT2D eigenvalue weighted by atomic mass is 9.86. The molecule has 0 atom stereocenters. The number of nitrogens with zero attached hydrogens (tertiary/aromatic N) is 1. The number of hydrogen-bond donors (Lipinski definition) is 0. The van der Waals surface area contributed by atoms with Crippen molar-refractivity contribution < 1.29 is 23.0 Å². The Morgan fingerprint density at radius 2 is 1.69 bits per heavy atom. The first kappa shape index (κ1) is 17.1. The maximum absolute atomic E-state index is 14.9. The van der Waals surface area contributed by atoms with Crippen molar-refractivity contribution in [3.05, 3.63) is 52.0 Å². The molecule has 1 aliphatic carbocycles. The molecule has 1 spiro atoms. The van der Waals surface area contributed by atoms with Gasteiger partial charge in [0.05, 0.1) is 26.2 Å². The van der Waals surface area contributed by atoms with Gasteiger partial charge in [0.1, 0.15) is 5.69 Å². The van der Waals surface area contributed by atoms with Crippen LogP contribution in [0.15, 0.2) is 24.3 Å². The molecular weight excluding hydrogens is 364 g/mol. The predicted octanol–water partition coefficient (Wildman–Crippen LogP) is 4.21. The van der Waals surface area contributed by atoms with Crippen LogP contribution in [0.5, 0.6) is 11.5 Å². The van der Waals surface area contributed by atoms with Crippen LogP contribution >= 0.6 is 11.6 Å². The molecule has 4 nitrogen and oxygen atoms in total. The molecule has 26 heavy (non-hydrogen) atoms. The van der Waals surface area contributed by atoms with Gasteiger partial charge in [-0.15, -0.1) is 0 Å². The Kier molecular flexibility index (Phi) is 3.84. The molecule has 2 aliphatic rings. The second kappa shape index (κ2) is 5.84. The Morgan fingerprint density at radius 1 is 1.08 bits per heavy atom. The first-order valence-electron chi connectivity index (χ1n) is 8.14. The van der Waals surface area contributed by atoms with Crippen molar-refractivity contribution in [3.63, 3.8) is 0 Å². The summed E-state index contributed by atoms with van der Waals surface area (Å²) in [6.07, 6.45) is 1.25. The van der Waals surface area contributed by atoms with Gasteiger partial charge in [-0.2, -0.15) is 0 Å². The molecule has 0 unspecified atom stereocenters. The van der Waals surface area contributed by atoms with Crippen molar-refractivity contribution in [2.24, 2.45) is 0 Å². The van der Waals surface area contributed by atoms with Gasteiger partial charge in [-0.1, -0.05) is 17.7 Å². The van der Waals surface area contributed by atoms with Gasteiger partial charge in [-0.25, -0.2) is 8.78 Å². The van der Waals surface area contributed by atoms with E-state index in [1.54, 1.807) is 18.2 Å². The number of halogens is 3. The number of carbonyl (C=O) groups is 1. The molecule has 1 heterocycles. The van der Waals surface area contributed by atoms with E-state index >= 15 is 0 Å². The van der Waals surface area contributed by atoms with Crippen LogP contribution in [-0.4, -0.2) is 20.1 Å². The molecule has 1 amide bonds. The summed E-state index contributed by atoms with van der Waals surface area (Å²) < 4.78 is 39.7. The van der Waals surface area contributed by atoms with Gasteiger partial charge >= 0.3 is 0 Å². The van der Waals surface area contributed by atoms with E-state index in [0.717, 1.165) is 22.1 Å². The summed E-state index contributed by atoms with van der Waals surface area (Å²) in [7, 11) is 2.55. The third-order valence-electron chi connectivity index (χ3n) is 5.14. The summed E-state index contributed by atoms with van der Waals surface area (Å²) >= 11 is 6.08. The predicted molar refractivity (Wildman–Crippen MR) is 93.0 cm³/mol. The summed E-state index contributed by atoms with van der Waals surface area (Å²) in [4.78, 5) is 14.3. The Bertz CT molecular complexity index is 899. The molecule has 0 saturated heterocycles. The average Bonchev–Trinajstić information content (AvgIpc) is 3.42. The lowest BCUT2D eigenvalue weighted by Gasteiger charge is -2.35. The van der Waals surface area contributed by atoms with Crippen LogP contribution in [0.3, 0.4) is 0 Å². The monoisotopic (exact) mass is 379 g/mol. The van der Waals surface area contributed by atoms with Gasteiger partial charge in [-0.05, 0) is 36.1 Å². The van der Waals surface area contributed by atoms with Gasteiger partial charge < -0.3 is 14.4 Å². The van der Waals surface area contributed by atoms with Crippen LogP contribution < -0.4 is 14.4 Å². The van der Waals surface area contributed by atoms with Crippen LogP contribution in [0, 0.1) is 11.6 Å². The molecular formula is C19H16ClF2NO3. The number of benzene rings is 2. The van der Waals surface area contributed by atoms with Gasteiger partial charge in [0.15, 0.2) is 23.1 Å². The van der Waals surface area contributed by atoms with Crippen LogP contribution in [0.25, 0.3) is 0 Å². The quantitative estimate of drug-likeness (QED) is 0.801. The topological polar surface area (TPSA) is 38.8 Å². The first-order valence-corrected chi connectivity index (χ1v) is 8.51. The van der Waals surface area contributed by atoms with Crippen molar-refractivity contribution in [3.8, 4) is 11.5 Å². The van der Waals surface area contributed by atoms with Gasteiger partial charge in [-0.3, -0.25) is 4.79 Å². The normalized spacial score (nSPS) is 17.3. The second-order valence-electron chi connectivity index (χ2n) is 6.53. The highest BCUT2D eigenvalue weighted by molar-refractivity contribution is 6.30. The summed E-state index contributed by atoms with van der Waals surface area (Å²) in [5, 5.41) is 0.539. The minimum atomic E-state index is -0.924. The van der Waals surface area contributed by atoms with E-state index in [1.807, 2.05) is 0 Å². The number of amides is 1. The molecule has 1 fully saturated rings. The molecule has 7 heteroatoms. The number of rotatable bonds is 3. The zero-order valence-electron chi connectivity index (χ0n) is 14.2. The molecule has 2 aromatic carbocycles. The van der Waals surface area contributed by atoms with Crippen LogP contribution in [0.2, 0.25) is 5.02 Å². The summed E-state index contributed by atoms with van der Waals surface area (Å²) in [5.74, 6) is -2.55. The van der Waals surface area contributed by atoms with Crippen LogP contribution in [-0.2, 0) is 16.8 Å². The number of fused-ring (bicyclic) bond motifs is 2. The van der Waals surface area contributed by atoms with Crippen molar-refractivity contribution in [2.75, 3.05) is 19.1 Å². The summed E-state index contributed by atoms with van der Waals surface area (Å²) in [6.45, 7) is 0.0528. The van der Waals surface area contributed by atoms with Crippen molar-refractivity contribution in [1.29, 1.82) is 0 Å². The smallest absolute Gasteiger partial charge is 0.238 e. The largest absolute Gasteiger partial charge is 0.493 e. The number of anilines is 1. The Morgan fingerprint density at radius 3 is 2.23 bits per heavy atom. The molecule has 0 N–H and O–H groups in total. The SMILES string of the molecule is COc1cc(OC)c(F)c(N2Cc3ccc(Cl)cc3C3(CC3)C2=O)c1F. The van der Waals surface area contributed by atoms with Gasteiger partial charge in [0.2, 0.25) is 5.91 Å². The fraction of sp³-hybridized carbons (Fsp3) is 0.316. The third-order valence-corrected chi connectivity index (χ3v) is 5.38.